The number of halogens is 1. The van der Waals surface area contributed by atoms with Gasteiger partial charge in [0.25, 0.3) is 0 Å². The minimum atomic E-state index is -0.0563. The number of aromatic nitrogens is 2. The highest BCUT2D eigenvalue weighted by atomic mass is 35.5. The Morgan fingerprint density at radius 2 is 2.22 bits per heavy atom. The van der Waals surface area contributed by atoms with Crippen LogP contribution in [0.3, 0.4) is 0 Å². The molecule has 2 rings (SSSR count). The number of amides is 1. The first-order valence-corrected chi connectivity index (χ1v) is 7.43. The van der Waals surface area contributed by atoms with Crippen LogP contribution >= 0.6 is 12.4 Å². The lowest BCUT2D eigenvalue weighted by Crippen LogP contribution is -2.41. The fourth-order valence-electron chi connectivity index (χ4n) is 2.17. The van der Waals surface area contributed by atoms with E-state index in [2.05, 4.69) is 29.3 Å². The van der Waals surface area contributed by atoms with Gasteiger partial charge in [-0.25, -0.2) is 0 Å². The number of furan rings is 1. The Kier molecular flexibility index (Phi) is 7.77. The van der Waals surface area contributed by atoms with Crippen LogP contribution in [0.1, 0.15) is 32.6 Å². The third kappa shape index (κ3) is 6.03. The van der Waals surface area contributed by atoms with Gasteiger partial charge in [0.05, 0.1) is 11.8 Å². The van der Waals surface area contributed by atoms with Crippen LogP contribution in [0, 0.1) is 5.92 Å². The molecule has 0 radical (unpaired) electrons. The van der Waals surface area contributed by atoms with Crippen molar-refractivity contribution in [2.75, 3.05) is 6.54 Å². The maximum atomic E-state index is 11.9. The minimum absolute atomic E-state index is 0. The van der Waals surface area contributed by atoms with Crippen LogP contribution in [0.25, 0.3) is 11.4 Å². The van der Waals surface area contributed by atoms with E-state index in [-0.39, 0.29) is 24.4 Å². The van der Waals surface area contributed by atoms with Crippen molar-refractivity contribution < 1.29 is 13.7 Å². The highest BCUT2D eigenvalue weighted by molar-refractivity contribution is 5.85. The van der Waals surface area contributed by atoms with Gasteiger partial charge >= 0.3 is 0 Å². The fourth-order valence-corrected chi connectivity index (χ4v) is 2.17. The Hall–Kier alpha value is -1.86. The molecule has 0 bridgehead atoms. The van der Waals surface area contributed by atoms with Crippen molar-refractivity contribution in [3.05, 3.63) is 24.5 Å². The average Bonchev–Trinajstić information content (AvgIpc) is 3.14. The van der Waals surface area contributed by atoms with Crippen molar-refractivity contribution in [3.8, 4) is 11.4 Å². The van der Waals surface area contributed by atoms with Crippen molar-refractivity contribution >= 4 is 18.3 Å². The molecule has 0 fully saturated rings. The smallest absolute Gasteiger partial charge is 0.227 e. The summed E-state index contributed by atoms with van der Waals surface area (Å²) >= 11 is 0. The molecule has 0 aromatic carbocycles. The largest absolute Gasteiger partial charge is 0.472 e. The number of nitrogens with two attached hydrogens (primary N) is 1. The van der Waals surface area contributed by atoms with E-state index < -0.39 is 0 Å². The zero-order valence-corrected chi connectivity index (χ0v) is 14.1. The molecular formula is C15H23ClN4O3. The molecule has 8 heteroatoms. The summed E-state index contributed by atoms with van der Waals surface area (Å²) in [7, 11) is 0. The predicted molar refractivity (Wildman–Crippen MR) is 88.0 cm³/mol. The predicted octanol–water partition coefficient (Wildman–Crippen LogP) is 2.17. The SMILES string of the molecule is CC(C)CC(CN)NC(=O)CCc1nc(-c2ccoc2)no1.Cl. The monoisotopic (exact) mass is 342 g/mol. The molecule has 1 atom stereocenters. The molecule has 0 spiro atoms. The quantitative estimate of drug-likeness (QED) is 0.761. The third-order valence-corrected chi connectivity index (χ3v) is 3.22. The fraction of sp³-hybridized carbons (Fsp3) is 0.533. The van der Waals surface area contributed by atoms with Crippen LogP contribution in [0.2, 0.25) is 0 Å². The summed E-state index contributed by atoms with van der Waals surface area (Å²) in [6.45, 7) is 4.64. The van der Waals surface area contributed by atoms with Gasteiger partial charge in [-0.05, 0) is 18.4 Å². The van der Waals surface area contributed by atoms with Crippen LogP contribution in [-0.2, 0) is 11.2 Å². The van der Waals surface area contributed by atoms with Crippen molar-refractivity contribution in [2.45, 2.75) is 39.2 Å². The maximum absolute atomic E-state index is 11.9. The number of nitrogens with zero attached hydrogens (tertiary/aromatic N) is 2. The van der Waals surface area contributed by atoms with Gasteiger partial charge in [-0.1, -0.05) is 19.0 Å². The van der Waals surface area contributed by atoms with E-state index in [0.717, 1.165) is 12.0 Å². The second-order valence-electron chi connectivity index (χ2n) is 5.65. The molecule has 0 aliphatic heterocycles. The molecule has 2 aromatic rings. The number of rotatable bonds is 8. The van der Waals surface area contributed by atoms with Gasteiger partial charge in [0.15, 0.2) is 0 Å². The highest BCUT2D eigenvalue weighted by Gasteiger charge is 2.14. The van der Waals surface area contributed by atoms with Gasteiger partial charge < -0.3 is 20.0 Å². The molecule has 0 aliphatic rings. The lowest BCUT2D eigenvalue weighted by atomic mass is 10.0. The lowest BCUT2D eigenvalue weighted by Gasteiger charge is -2.18. The van der Waals surface area contributed by atoms with Gasteiger partial charge in [0, 0.05) is 25.4 Å². The summed E-state index contributed by atoms with van der Waals surface area (Å²) in [4.78, 5) is 16.2. The van der Waals surface area contributed by atoms with E-state index in [1.165, 1.54) is 0 Å². The summed E-state index contributed by atoms with van der Waals surface area (Å²) in [5.41, 5.74) is 6.42. The number of nitrogens with one attached hydrogen (secondary N) is 1. The summed E-state index contributed by atoms with van der Waals surface area (Å²) < 4.78 is 10.1. The summed E-state index contributed by atoms with van der Waals surface area (Å²) in [5.74, 6) is 1.32. The molecule has 3 N–H and O–H groups in total. The molecule has 1 unspecified atom stereocenters. The third-order valence-electron chi connectivity index (χ3n) is 3.22. The molecule has 2 heterocycles. The average molecular weight is 343 g/mol. The highest BCUT2D eigenvalue weighted by Crippen LogP contribution is 2.16. The number of hydrogen-bond acceptors (Lipinski definition) is 6. The number of carbonyl (C=O) groups is 1. The van der Waals surface area contributed by atoms with Crippen molar-refractivity contribution in [1.82, 2.24) is 15.5 Å². The first kappa shape index (κ1) is 19.2. The second-order valence-corrected chi connectivity index (χ2v) is 5.65. The van der Waals surface area contributed by atoms with Crippen LogP contribution in [0.4, 0.5) is 0 Å². The van der Waals surface area contributed by atoms with E-state index in [9.17, 15) is 4.79 Å². The van der Waals surface area contributed by atoms with E-state index in [4.69, 9.17) is 14.7 Å². The second kappa shape index (κ2) is 9.32. The molecule has 0 saturated heterocycles. The first-order valence-electron chi connectivity index (χ1n) is 7.43. The molecule has 7 nitrogen and oxygen atoms in total. The van der Waals surface area contributed by atoms with Crippen LogP contribution in [-0.4, -0.2) is 28.6 Å². The maximum Gasteiger partial charge on any atom is 0.227 e. The van der Waals surface area contributed by atoms with Crippen molar-refractivity contribution in [3.63, 3.8) is 0 Å². The van der Waals surface area contributed by atoms with Crippen LogP contribution in [0.5, 0.6) is 0 Å². The van der Waals surface area contributed by atoms with Gasteiger partial charge in [0.2, 0.25) is 17.6 Å². The number of hydrogen-bond donors (Lipinski definition) is 2. The van der Waals surface area contributed by atoms with Gasteiger partial charge in [-0.3, -0.25) is 4.79 Å². The van der Waals surface area contributed by atoms with Crippen molar-refractivity contribution in [1.29, 1.82) is 0 Å². The Balaban J connectivity index is 0.00000264. The molecule has 1 amide bonds. The van der Waals surface area contributed by atoms with E-state index in [0.29, 0.717) is 37.0 Å². The standard InChI is InChI=1S/C15H22N4O3.ClH/c1-10(2)7-12(8-16)17-13(20)3-4-14-18-15(19-22-14)11-5-6-21-9-11;/h5-6,9-10,12H,3-4,7-8,16H2,1-2H3,(H,17,20);1H. The van der Waals surface area contributed by atoms with E-state index in [1.54, 1.807) is 18.6 Å². The Morgan fingerprint density at radius 3 is 2.83 bits per heavy atom. The minimum Gasteiger partial charge on any atom is -0.472 e. The number of aryl methyl sites for hydroxylation is 1. The molecule has 2 aromatic heterocycles. The van der Waals surface area contributed by atoms with Gasteiger partial charge in [-0.15, -0.1) is 12.4 Å². The lowest BCUT2D eigenvalue weighted by molar-refractivity contribution is -0.121. The Labute approximate surface area is 141 Å². The van der Waals surface area contributed by atoms with Crippen LogP contribution < -0.4 is 11.1 Å². The van der Waals surface area contributed by atoms with Gasteiger partial charge in [0.1, 0.15) is 6.26 Å². The zero-order valence-electron chi connectivity index (χ0n) is 13.3. The van der Waals surface area contributed by atoms with E-state index >= 15 is 0 Å². The zero-order chi connectivity index (χ0) is 15.9. The molecule has 0 aliphatic carbocycles. The molecule has 23 heavy (non-hydrogen) atoms. The molecular weight excluding hydrogens is 320 g/mol. The normalized spacial score (nSPS) is 12.0. The topological polar surface area (TPSA) is 107 Å². The summed E-state index contributed by atoms with van der Waals surface area (Å²) in [6.07, 6.45) is 4.64. The number of carbonyl (C=O) groups excluding carboxylic acids is 1. The Morgan fingerprint density at radius 1 is 1.43 bits per heavy atom. The molecule has 128 valence electrons. The van der Waals surface area contributed by atoms with Gasteiger partial charge in [-0.2, -0.15) is 4.98 Å². The van der Waals surface area contributed by atoms with Crippen molar-refractivity contribution in [2.24, 2.45) is 11.7 Å². The first-order chi connectivity index (χ1) is 10.6. The molecule has 0 saturated carbocycles. The Bertz CT molecular complexity index is 583. The van der Waals surface area contributed by atoms with E-state index in [1.807, 2.05) is 0 Å². The van der Waals surface area contributed by atoms with Crippen LogP contribution in [0.15, 0.2) is 27.5 Å². The summed E-state index contributed by atoms with van der Waals surface area (Å²) in [5, 5.41) is 6.79. The summed E-state index contributed by atoms with van der Waals surface area (Å²) in [6, 6.07) is 1.76.